The summed E-state index contributed by atoms with van der Waals surface area (Å²) in [5.74, 6) is 0.0229. The average molecular weight is 344 g/mol. The second kappa shape index (κ2) is 7.97. The fraction of sp³-hybridized carbons (Fsp3) is 0.278. The highest BCUT2D eigenvalue weighted by Crippen LogP contribution is 2.28. The molecule has 0 unspecified atom stereocenters. The molecule has 0 aliphatic carbocycles. The first-order valence-corrected chi connectivity index (χ1v) is 8.51. The Bertz CT molecular complexity index is 704. The van der Waals surface area contributed by atoms with Crippen molar-refractivity contribution in [3.8, 4) is 0 Å². The largest absolute Gasteiger partial charge is 0.338 e. The molecule has 2 aromatic carbocycles. The fourth-order valence-electron chi connectivity index (χ4n) is 2.33. The first-order valence-electron chi connectivity index (χ1n) is 7.63. The van der Waals surface area contributed by atoms with Crippen LogP contribution in [0.4, 0.5) is 5.69 Å². The van der Waals surface area contributed by atoms with Crippen LogP contribution in [0.15, 0.2) is 59.5 Å². The van der Waals surface area contributed by atoms with Crippen molar-refractivity contribution in [2.24, 2.45) is 0 Å². The summed E-state index contributed by atoms with van der Waals surface area (Å²) in [7, 11) is 1.80. The molecule has 2 rings (SSSR count). The summed E-state index contributed by atoms with van der Waals surface area (Å²) in [5.41, 5.74) is 1.13. The van der Waals surface area contributed by atoms with Crippen molar-refractivity contribution in [3.05, 3.63) is 70.3 Å². The molecule has 0 radical (unpaired) electrons. The Morgan fingerprint density at radius 1 is 1.08 bits per heavy atom. The van der Waals surface area contributed by atoms with Crippen molar-refractivity contribution < 1.29 is 9.72 Å². The van der Waals surface area contributed by atoms with Gasteiger partial charge >= 0.3 is 0 Å². The van der Waals surface area contributed by atoms with Gasteiger partial charge in [-0.1, -0.05) is 30.3 Å². The Kier molecular flexibility index (Phi) is 5.98. The average Bonchev–Trinajstić information content (AvgIpc) is 2.61. The van der Waals surface area contributed by atoms with Gasteiger partial charge in [-0.05, 0) is 31.5 Å². The minimum Gasteiger partial charge on any atom is -0.338 e. The van der Waals surface area contributed by atoms with Crippen LogP contribution in [0.25, 0.3) is 0 Å². The van der Waals surface area contributed by atoms with Gasteiger partial charge in [0.15, 0.2) is 0 Å². The number of benzene rings is 2. The lowest BCUT2D eigenvalue weighted by molar-refractivity contribution is -0.384. The number of rotatable bonds is 6. The molecule has 0 saturated carbocycles. The zero-order chi connectivity index (χ0) is 17.7. The lowest BCUT2D eigenvalue weighted by Gasteiger charge is -2.28. The van der Waals surface area contributed by atoms with Crippen LogP contribution >= 0.6 is 11.8 Å². The highest BCUT2D eigenvalue weighted by molar-refractivity contribution is 8.00. The number of nitrogens with zero attached hydrogens (tertiary/aromatic N) is 2. The lowest BCUT2D eigenvalue weighted by atomic mass is 10.1. The van der Waals surface area contributed by atoms with Gasteiger partial charge in [0.05, 0.1) is 16.2 Å². The molecule has 0 saturated heterocycles. The summed E-state index contributed by atoms with van der Waals surface area (Å²) < 4.78 is 0. The summed E-state index contributed by atoms with van der Waals surface area (Å²) in [6.07, 6.45) is 0. The number of amides is 1. The molecule has 0 fully saturated rings. The number of hydrogen-bond acceptors (Lipinski definition) is 4. The zero-order valence-corrected chi connectivity index (χ0v) is 14.7. The van der Waals surface area contributed by atoms with Crippen LogP contribution in [0, 0.1) is 10.1 Å². The highest BCUT2D eigenvalue weighted by atomic mass is 32.2. The summed E-state index contributed by atoms with van der Waals surface area (Å²) in [6, 6.07) is 16.1. The van der Waals surface area contributed by atoms with E-state index >= 15 is 0 Å². The summed E-state index contributed by atoms with van der Waals surface area (Å²) in [4.78, 5) is 25.5. The Morgan fingerprint density at radius 2 is 1.67 bits per heavy atom. The van der Waals surface area contributed by atoms with E-state index in [2.05, 4.69) is 0 Å². The minimum atomic E-state index is -0.432. The van der Waals surface area contributed by atoms with E-state index in [4.69, 9.17) is 0 Å². The Labute approximate surface area is 145 Å². The van der Waals surface area contributed by atoms with Crippen LogP contribution in [0.5, 0.6) is 0 Å². The van der Waals surface area contributed by atoms with E-state index in [1.807, 2.05) is 44.2 Å². The van der Waals surface area contributed by atoms with Crippen molar-refractivity contribution in [1.29, 1.82) is 0 Å². The molecule has 0 bridgehead atoms. The van der Waals surface area contributed by atoms with E-state index in [-0.39, 0.29) is 22.9 Å². The van der Waals surface area contributed by atoms with Gasteiger partial charge in [-0.3, -0.25) is 14.9 Å². The topological polar surface area (TPSA) is 63.5 Å². The van der Waals surface area contributed by atoms with E-state index in [1.165, 1.54) is 23.9 Å². The van der Waals surface area contributed by atoms with Crippen molar-refractivity contribution in [3.63, 3.8) is 0 Å². The molecule has 2 aromatic rings. The SMILES string of the molecule is C[C@@H](Sc1ccc([N+](=O)[O-])cc1)C(=O)N(C)[C@@H](C)c1ccccc1. The number of non-ortho nitro benzene ring substituents is 1. The smallest absolute Gasteiger partial charge is 0.269 e. The molecule has 1 amide bonds. The fourth-order valence-corrected chi connectivity index (χ4v) is 3.30. The number of carbonyl (C=O) groups is 1. The van der Waals surface area contributed by atoms with Gasteiger partial charge in [-0.2, -0.15) is 0 Å². The molecule has 0 heterocycles. The molecule has 0 aromatic heterocycles. The Morgan fingerprint density at radius 3 is 2.21 bits per heavy atom. The number of nitro groups is 1. The van der Waals surface area contributed by atoms with E-state index in [1.54, 1.807) is 24.1 Å². The molecular formula is C18H20N2O3S. The van der Waals surface area contributed by atoms with Crippen LogP contribution in [-0.2, 0) is 4.79 Å². The molecule has 0 N–H and O–H groups in total. The maximum Gasteiger partial charge on any atom is 0.269 e. The van der Waals surface area contributed by atoms with Gasteiger partial charge in [-0.25, -0.2) is 0 Å². The minimum absolute atomic E-state index is 0.0152. The van der Waals surface area contributed by atoms with Gasteiger partial charge in [0.1, 0.15) is 0 Å². The molecule has 2 atom stereocenters. The van der Waals surface area contributed by atoms with Crippen molar-refractivity contribution in [2.45, 2.75) is 30.0 Å². The molecule has 0 aliphatic rings. The lowest BCUT2D eigenvalue weighted by Crippen LogP contribution is -2.35. The van der Waals surface area contributed by atoms with E-state index in [9.17, 15) is 14.9 Å². The van der Waals surface area contributed by atoms with E-state index < -0.39 is 4.92 Å². The Balaban J connectivity index is 2.02. The standard InChI is InChI=1S/C18H20N2O3S/c1-13(15-7-5-4-6-8-15)19(3)18(21)14(2)24-17-11-9-16(10-12-17)20(22)23/h4-14H,1-3H3/t13-,14+/m0/s1. The third-order valence-corrected chi connectivity index (χ3v) is 5.02. The van der Waals surface area contributed by atoms with Gasteiger partial charge in [-0.15, -0.1) is 11.8 Å². The zero-order valence-electron chi connectivity index (χ0n) is 13.9. The molecular weight excluding hydrogens is 324 g/mol. The van der Waals surface area contributed by atoms with E-state index in [0.717, 1.165) is 10.5 Å². The highest BCUT2D eigenvalue weighted by Gasteiger charge is 2.23. The monoisotopic (exact) mass is 344 g/mol. The second-order valence-electron chi connectivity index (χ2n) is 5.55. The van der Waals surface area contributed by atoms with Crippen LogP contribution in [-0.4, -0.2) is 28.0 Å². The van der Waals surface area contributed by atoms with Crippen LogP contribution in [0.2, 0.25) is 0 Å². The number of nitro benzene ring substituents is 1. The van der Waals surface area contributed by atoms with Gasteiger partial charge in [0, 0.05) is 24.1 Å². The predicted molar refractivity (Wildman–Crippen MR) is 96.0 cm³/mol. The molecule has 0 spiro atoms. The molecule has 0 aliphatic heterocycles. The molecule has 126 valence electrons. The first-order chi connectivity index (χ1) is 11.4. The van der Waals surface area contributed by atoms with Gasteiger partial charge in [0.2, 0.25) is 5.91 Å². The summed E-state index contributed by atoms with van der Waals surface area (Å²) in [5, 5.41) is 10.4. The van der Waals surface area contributed by atoms with Crippen LogP contribution < -0.4 is 0 Å². The quantitative estimate of drug-likeness (QED) is 0.445. The predicted octanol–water partition coefficient (Wildman–Crippen LogP) is 4.30. The normalized spacial score (nSPS) is 13.1. The molecule has 24 heavy (non-hydrogen) atoms. The van der Waals surface area contributed by atoms with Crippen molar-refractivity contribution in [1.82, 2.24) is 4.90 Å². The number of thioether (sulfide) groups is 1. The third-order valence-electron chi connectivity index (χ3n) is 3.92. The van der Waals surface area contributed by atoms with Crippen LogP contribution in [0.3, 0.4) is 0 Å². The first kappa shape index (κ1) is 18.0. The van der Waals surface area contributed by atoms with Crippen LogP contribution in [0.1, 0.15) is 25.5 Å². The summed E-state index contributed by atoms with van der Waals surface area (Å²) in [6.45, 7) is 3.85. The van der Waals surface area contributed by atoms with Crippen molar-refractivity contribution in [2.75, 3.05) is 7.05 Å². The summed E-state index contributed by atoms with van der Waals surface area (Å²) >= 11 is 1.40. The van der Waals surface area contributed by atoms with Crippen molar-refractivity contribution >= 4 is 23.4 Å². The maximum atomic E-state index is 12.6. The molecule has 5 nitrogen and oxygen atoms in total. The third kappa shape index (κ3) is 4.35. The van der Waals surface area contributed by atoms with Gasteiger partial charge < -0.3 is 4.90 Å². The number of hydrogen-bond donors (Lipinski definition) is 0. The Hall–Kier alpha value is -2.34. The van der Waals surface area contributed by atoms with Gasteiger partial charge in [0.25, 0.3) is 5.69 Å². The second-order valence-corrected chi connectivity index (χ2v) is 6.96. The number of carbonyl (C=O) groups excluding carboxylic acids is 1. The molecule has 6 heteroatoms. The van der Waals surface area contributed by atoms with E-state index in [0.29, 0.717) is 0 Å². The maximum absolute atomic E-state index is 12.6.